The first kappa shape index (κ1) is 13.4. The fourth-order valence-corrected chi connectivity index (χ4v) is 2.98. The molecule has 4 heteroatoms. The lowest BCUT2D eigenvalue weighted by atomic mass is 9.88. The van der Waals surface area contributed by atoms with Crippen molar-refractivity contribution in [3.63, 3.8) is 0 Å². The van der Waals surface area contributed by atoms with Gasteiger partial charge in [0.2, 0.25) is 5.91 Å². The van der Waals surface area contributed by atoms with Crippen molar-refractivity contribution < 1.29 is 4.79 Å². The van der Waals surface area contributed by atoms with Gasteiger partial charge in [-0.05, 0) is 31.1 Å². The number of hydrogen-bond donors (Lipinski definition) is 1. The zero-order valence-corrected chi connectivity index (χ0v) is 12.1. The van der Waals surface area contributed by atoms with Gasteiger partial charge in [0.1, 0.15) is 0 Å². The van der Waals surface area contributed by atoms with Crippen LogP contribution in [0.2, 0.25) is 0 Å². The molecule has 0 aliphatic carbocycles. The SMILES string of the molecule is CC(C(=O)N1CCN(c2ccccc2)CC1)C1CNC1. The Labute approximate surface area is 120 Å². The van der Waals surface area contributed by atoms with E-state index in [1.807, 2.05) is 11.0 Å². The third-order valence-corrected chi connectivity index (χ3v) is 4.62. The molecule has 4 nitrogen and oxygen atoms in total. The highest BCUT2D eigenvalue weighted by Crippen LogP contribution is 2.21. The standard InChI is InChI=1S/C16H23N3O/c1-13(14-11-17-12-14)16(20)19-9-7-18(8-10-19)15-5-3-2-4-6-15/h2-6,13-14,17H,7-12H2,1H3. The van der Waals surface area contributed by atoms with Crippen LogP contribution in [0.25, 0.3) is 0 Å². The first-order valence-corrected chi connectivity index (χ1v) is 7.55. The Hall–Kier alpha value is -1.55. The second kappa shape index (κ2) is 5.83. The quantitative estimate of drug-likeness (QED) is 0.898. The largest absolute Gasteiger partial charge is 0.368 e. The summed E-state index contributed by atoms with van der Waals surface area (Å²) in [5.41, 5.74) is 1.26. The fourth-order valence-electron chi connectivity index (χ4n) is 2.98. The van der Waals surface area contributed by atoms with Gasteiger partial charge in [0.05, 0.1) is 0 Å². The normalized spacial score (nSPS) is 21.4. The van der Waals surface area contributed by atoms with E-state index in [1.54, 1.807) is 0 Å². The summed E-state index contributed by atoms with van der Waals surface area (Å²) >= 11 is 0. The van der Waals surface area contributed by atoms with Gasteiger partial charge in [0.15, 0.2) is 0 Å². The average molecular weight is 273 g/mol. The molecule has 0 bridgehead atoms. The van der Waals surface area contributed by atoms with Crippen LogP contribution in [0.4, 0.5) is 5.69 Å². The summed E-state index contributed by atoms with van der Waals surface area (Å²) in [7, 11) is 0. The number of rotatable bonds is 3. The van der Waals surface area contributed by atoms with Crippen LogP contribution in [0.1, 0.15) is 6.92 Å². The van der Waals surface area contributed by atoms with Gasteiger partial charge in [-0.2, -0.15) is 0 Å². The highest BCUT2D eigenvalue weighted by Gasteiger charge is 2.32. The molecule has 1 atom stereocenters. The molecule has 20 heavy (non-hydrogen) atoms. The second-order valence-electron chi connectivity index (χ2n) is 5.85. The molecule has 2 heterocycles. The van der Waals surface area contributed by atoms with Crippen LogP contribution in [-0.2, 0) is 4.79 Å². The minimum atomic E-state index is 0.166. The zero-order valence-electron chi connectivity index (χ0n) is 12.1. The predicted octanol–water partition coefficient (Wildman–Crippen LogP) is 1.19. The van der Waals surface area contributed by atoms with Crippen LogP contribution in [-0.4, -0.2) is 50.1 Å². The number of amides is 1. The van der Waals surface area contributed by atoms with E-state index in [1.165, 1.54) is 5.69 Å². The molecule has 1 aromatic rings. The Bertz CT molecular complexity index is 450. The van der Waals surface area contributed by atoms with Gasteiger partial charge in [0, 0.05) is 37.8 Å². The van der Waals surface area contributed by atoms with Gasteiger partial charge in [-0.15, -0.1) is 0 Å². The first-order chi connectivity index (χ1) is 9.75. The molecule has 2 fully saturated rings. The van der Waals surface area contributed by atoms with Crippen LogP contribution in [0.3, 0.4) is 0 Å². The molecule has 2 saturated heterocycles. The maximum absolute atomic E-state index is 12.5. The molecule has 1 aromatic carbocycles. The zero-order chi connectivity index (χ0) is 13.9. The van der Waals surface area contributed by atoms with Gasteiger partial charge in [-0.3, -0.25) is 4.79 Å². The van der Waals surface area contributed by atoms with Crippen molar-refractivity contribution in [2.45, 2.75) is 6.92 Å². The number of benzene rings is 1. The van der Waals surface area contributed by atoms with Crippen LogP contribution in [0.5, 0.6) is 0 Å². The van der Waals surface area contributed by atoms with Crippen LogP contribution >= 0.6 is 0 Å². The van der Waals surface area contributed by atoms with Gasteiger partial charge < -0.3 is 15.1 Å². The summed E-state index contributed by atoms with van der Waals surface area (Å²) in [5.74, 6) is 1.04. The predicted molar refractivity (Wildman–Crippen MR) is 80.8 cm³/mol. The molecule has 0 aromatic heterocycles. The molecule has 1 amide bonds. The summed E-state index contributed by atoms with van der Waals surface area (Å²) in [6.45, 7) is 7.64. The number of nitrogens with one attached hydrogen (secondary N) is 1. The Balaban J connectivity index is 1.54. The third kappa shape index (κ3) is 2.66. The number of nitrogens with zero attached hydrogens (tertiary/aromatic N) is 2. The van der Waals surface area contributed by atoms with Crippen LogP contribution in [0, 0.1) is 11.8 Å². The van der Waals surface area contributed by atoms with E-state index in [-0.39, 0.29) is 5.92 Å². The van der Waals surface area contributed by atoms with Crippen molar-refractivity contribution in [3.05, 3.63) is 30.3 Å². The van der Waals surface area contributed by atoms with Gasteiger partial charge in [0.25, 0.3) is 0 Å². The number of carbonyl (C=O) groups excluding carboxylic acids is 1. The average Bonchev–Trinajstić information content (AvgIpc) is 2.46. The maximum Gasteiger partial charge on any atom is 0.225 e. The lowest BCUT2D eigenvalue weighted by molar-refractivity contribution is -0.137. The summed E-state index contributed by atoms with van der Waals surface area (Å²) < 4.78 is 0. The summed E-state index contributed by atoms with van der Waals surface area (Å²) in [4.78, 5) is 16.9. The molecule has 1 unspecified atom stereocenters. The lowest BCUT2D eigenvalue weighted by Crippen LogP contribution is -2.54. The topological polar surface area (TPSA) is 35.6 Å². The number of carbonyl (C=O) groups is 1. The molecule has 0 spiro atoms. The molecule has 3 rings (SSSR count). The van der Waals surface area contributed by atoms with Crippen LogP contribution < -0.4 is 10.2 Å². The van der Waals surface area contributed by atoms with Crippen molar-refractivity contribution in [2.75, 3.05) is 44.2 Å². The number of piperazine rings is 1. The number of para-hydroxylation sites is 1. The summed E-state index contributed by atoms with van der Waals surface area (Å²) in [5, 5.41) is 3.25. The number of hydrogen-bond acceptors (Lipinski definition) is 3. The molecular weight excluding hydrogens is 250 g/mol. The molecule has 1 N–H and O–H groups in total. The number of anilines is 1. The van der Waals surface area contributed by atoms with Crippen molar-refractivity contribution in [1.82, 2.24) is 10.2 Å². The van der Waals surface area contributed by atoms with Crippen LogP contribution in [0.15, 0.2) is 30.3 Å². The molecule has 108 valence electrons. The minimum absolute atomic E-state index is 0.166. The van der Waals surface area contributed by atoms with Gasteiger partial charge in [-0.25, -0.2) is 0 Å². The van der Waals surface area contributed by atoms with Gasteiger partial charge >= 0.3 is 0 Å². The highest BCUT2D eigenvalue weighted by molar-refractivity contribution is 5.79. The Morgan fingerprint density at radius 1 is 1.15 bits per heavy atom. The van der Waals surface area contributed by atoms with E-state index in [0.29, 0.717) is 11.8 Å². The van der Waals surface area contributed by atoms with Crippen molar-refractivity contribution in [1.29, 1.82) is 0 Å². The van der Waals surface area contributed by atoms with E-state index in [0.717, 1.165) is 39.3 Å². The second-order valence-corrected chi connectivity index (χ2v) is 5.85. The highest BCUT2D eigenvalue weighted by atomic mass is 16.2. The molecule has 0 radical (unpaired) electrons. The molecule has 2 aliphatic heterocycles. The summed E-state index contributed by atoms with van der Waals surface area (Å²) in [6.07, 6.45) is 0. The van der Waals surface area contributed by atoms with E-state index in [2.05, 4.69) is 41.4 Å². The van der Waals surface area contributed by atoms with E-state index in [9.17, 15) is 4.79 Å². The third-order valence-electron chi connectivity index (χ3n) is 4.62. The smallest absolute Gasteiger partial charge is 0.225 e. The molecular formula is C16H23N3O. The molecule has 2 aliphatic rings. The Morgan fingerprint density at radius 3 is 2.35 bits per heavy atom. The van der Waals surface area contributed by atoms with Crippen molar-refractivity contribution in [3.8, 4) is 0 Å². The van der Waals surface area contributed by atoms with Gasteiger partial charge in [-0.1, -0.05) is 25.1 Å². The minimum Gasteiger partial charge on any atom is -0.368 e. The molecule has 0 saturated carbocycles. The summed E-state index contributed by atoms with van der Waals surface area (Å²) in [6, 6.07) is 10.5. The van der Waals surface area contributed by atoms with Crippen molar-refractivity contribution >= 4 is 11.6 Å². The Kier molecular flexibility index (Phi) is 3.92. The van der Waals surface area contributed by atoms with E-state index >= 15 is 0 Å². The van der Waals surface area contributed by atoms with E-state index < -0.39 is 0 Å². The van der Waals surface area contributed by atoms with E-state index in [4.69, 9.17) is 0 Å². The first-order valence-electron chi connectivity index (χ1n) is 7.55. The lowest BCUT2D eigenvalue weighted by Gasteiger charge is -2.39. The maximum atomic E-state index is 12.5. The monoisotopic (exact) mass is 273 g/mol. The van der Waals surface area contributed by atoms with Crippen molar-refractivity contribution in [2.24, 2.45) is 11.8 Å². The Morgan fingerprint density at radius 2 is 1.80 bits per heavy atom. The fraction of sp³-hybridized carbons (Fsp3) is 0.562.